The fourth-order valence-corrected chi connectivity index (χ4v) is 4.72. The predicted octanol–water partition coefficient (Wildman–Crippen LogP) is 6.42. The second-order valence-corrected chi connectivity index (χ2v) is 7.59. The van der Waals surface area contributed by atoms with Crippen molar-refractivity contribution in [3.05, 3.63) is 47.3 Å². The molecule has 0 radical (unpaired) electrons. The van der Waals surface area contributed by atoms with E-state index < -0.39 is 17.5 Å². The number of hydrogen-bond acceptors (Lipinski definition) is 1. The Morgan fingerprint density at radius 3 is 2.08 bits per heavy atom. The lowest BCUT2D eigenvalue weighted by atomic mass is 9.68. The van der Waals surface area contributed by atoms with Crippen LogP contribution in [0.25, 0.3) is 0 Å². The Hall–Kier alpha value is -1.76. The maximum Gasteiger partial charge on any atom is 0.196 e. The zero-order valence-corrected chi connectivity index (χ0v) is 14.4. The molecule has 0 aromatic heterocycles. The number of nitriles is 1. The molecule has 4 heteroatoms. The standard InChI is InChI=1S/C21H24F3N/c22-19(13-25)11-14-1-3-15(4-2-14)16-5-7-17(8-6-16)18-9-10-20(23)21(24)12-18/h9-12,14-17H,1-8H2/b19-11-/t14?,15?,16-,17-. The van der Waals surface area contributed by atoms with Crippen molar-refractivity contribution in [2.24, 2.45) is 17.8 Å². The average Bonchev–Trinajstić information content (AvgIpc) is 2.65. The van der Waals surface area contributed by atoms with E-state index in [0.717, 1.165) is 56.9 Å². The SMILES string of the molecule is N#C/C(F)=C/C1CCC([C@H]2CC[C@H](c3ccc(F)c(F)c3)CC2)CC1. The molecule has 1 aromatic carbocycles. The zero-order valence-electron chi connectivity index (χ0n) is 14.4. The minimum atomic E-state index is -0.781. The molecule has 0 heterocycles. The van der Waals surface area contributed by atoms with Crippen LogP contribution in [0.5, 0.6) is 0 Å². The number of benzene rings is 1. The molecule has 0 unspecified atom stereocenters. The Kier molecular flexibility index (Phi) is 5.83. The summed E-state index contributed by atoms with van der Waals surface area (Å²) in [5.74, 6) is -0.292. The molecule has 0 saturated heterocycles. The van der Waals surface area contributed by atoms with Crippen LogP contribution >= 0.6 is 0 Å². The molecular formula is C21H24F3N. The first kappa shape index (κ1) is 18.0. The van der Waals surface area contributed by atoms with Crippen molar-refractivity contribution in [2.75, 3.05) is 0 Å². The lowest BCUT2D eigenvalue weighted by Gasteiger charge is -2.37. The van der Waals surface area contributed by atoms with Crippen LogP contribution in [0.2, 0.25) is 0 Å². The molecule has 2 saturated carbocycles. The highest BCUT2D eigenvalue weighted by Crippen LogP contribution is 2.44. The van der Waals surface area contributed by atoms with Crippen molar-refractivity contribution in [1.82, 2.24) is 0 Å². The topological polar surface area (TPSA) is 23.8 Å². The van der Waals surface area contributed by atoms with Crippen LogP contribution in [0.15, 0.2) is 30.1 Å². The van der Waals surface area contributed by atoms with E-state index in [-0.39, 0.29) is 5.92 Å². The van der Waals surface area contributed by atoms with Crippen LogP contribution in [-0.4, -0.2) is 0 Å². The number of hydrogen-bond donors (Lipinski definition) is 0. The molecular weight excluding hydrogens is 323 g/mol. The van der Waals surface area contributed by atoms with Gasteiger partial charge in [-0.2, -0.15) is 9.65 Å². The van der Waals surface area contributed by atoms with Crippen molar-refractivity contribution >= 4 is 0 Å². The van der Waals surface area contributed by atoms with E-state index in [1.807, 2.05) is 0 Å². The minimum absolute atomic E-state index is 0.203. The lowest BCUT2D eigenvalue weighted by molar-refractivity contribution is 0.171. The summed E-state index contributed by atoms with van der Waals surface area (Å²) < 4.78 is 39.6. The molecule has 2 aliphatic rings. The van der Waals surface area contributed by atoms with Crippen LogP contribution in [0.3, 0.4) is 0 Å². The van der Waals surface area contributed by atoms with Gasteiger partial charge < -0.3 is 0 Å². The Morgan fingerprint density at radius 1 is 0.920 bits per heavy atom. The van der Waals surface area contributed by atoms with Crippen LogP contribution in [0.1, 0.15) is 62.8 Å². The van der Waals surface area contributed by atoms with Gasteiger partial charge in [0.25, 0.3) is 0 Å². The van der Waals surface area contributed by atoms with Gasteiger partial charge in [-0.15, -0.1) is 0 Å². The van der Waals surface area contributed by atoms with Crippen LogP contribution in [-0.2, 0) is 0 Å². The molecule has 2 aliphatic carbocycles. The third-order valence-corrected chi connectivity index (χ3v) is 6.16. The molecule has 0 bridgehead atoms. The van der Waals surface area contributed by atoms with Gasteiger partial charge in [0.15, 0.2) is 17.5 Å². The first-order valence-electron chi connectivity index (χ1n) is 9.29. The highest BCUT2D eigenvalue weighted by molar-refractivity contribution is 5.22. The summed E-state index contributed by atoms with van der Waals surface area (Å²) in [6.45, 7) is 0. The van der Waals surface area contributed by atoms with Crippen LogP contribution in [0, 0.1) is 40.7 Å². The quantitative estimate of drug-likeness (QED) is 0.579. The molecule has 0 spiro atoms. The van der Waals surface area contributed by atoms with Crippen molar-refractivity contribution < 1.29 is 13.2 Å². The second-order valence-electron chi connectivity index (χ2n) is 7.59. The summed E-state index contributed by atoms with van der Waals surface area (Å²) in [5.41, 5.74) is 0.915. The summed E-state index contributed by atoms with van der Waals surface area (Å²) in [5, 5.41) is 8.53. The Labute approximate surface area is 147 Å². The van der Waals surface area contributed by atoms with Crippen molar-refractivity contribution in [2.45, 2.75) is 57.3 Å². The summed E-state index contributed by atoms with van der Waals surface area (Å²) in [6.07, 6.45) is 9.91. The van der Waals surface area contributed by atoms with Gasteiger partial charge >= 0.3 is 0 Å². The van der Waals surface area contributed by atoms with E-state index in [0.29, 0.717) is 17.8 Å². The van der Waals surface area contributed by atoms with Gasteiger partial charge in [-0.1, -0.05) is 6.07 Å². The van der Waals surface area contributed by atoms with E-state index in [9.17, 15) is 13.2 Å². The molecule has 0 atom stereocenters. The Bertz CT molecular complexity index is 660. The molecule has 1 aromatic rings. The number of halogens is 3. The van der Waals surface area contributed by atoms with E-state index in [4.69, 9.17) is 5.26 Å². The van der Waals surface area contributed by atoms with Gasteiger partial charge in [0, 0.05) is 0 Å². The molecule has 0 N–H and O–H groups in total. The third-order valence-electron chi connectivity index (χ3n) is 6.16. The summed E-state index contributed by atoms with van der Waals surface area (Å²) in [4.78, 5) is 0. The molecule has 1 nitrogen and oxygen atoms in total. The Morgan fingerprint density at radius 2 is 1.52 bits per heavy atom. The number of allylic oxidation sites excluding steroid dienone is 2. The van der Waals surface area contributed by atoms with Crippen LogP contribution < -0.4 is 0 Å². The molecule has 2 fully saturated rings. The maximum atomic E-state index is 13.4. The minimum Gasteiger partial charge on any atom is -0.204 e. The molecule has 25 heavy (non-hydrogen) atoms. The Balaban J connectivity index is 1.50. The molecule has 0 amide bonds. The van der Waals surface area contributed by atoms with E-state index >= 15 is 0 Å². The highest BCUT2D eigenvalue weighted by Gasteiger charge is 2.31. The van der Waals surface area contributed by atoms with Crippen molar-refractivity contribution in [3.8, 4) is 6.07 Å². The monoisotopic (exact) mass is 347 g/mol. The lowest BCUT2D eigenvalue weighted by Crippen LogP contribution is -2.25. The van der Waals surface area contributed by atoms with Gasteiger partial charge in [-0.05, 0) is 98.8 Å². The molecule has 0 aliphatic heterocycles. The fraction of sp³-hybridized carbons (Fsp3) is 0.571. The van der Waals surface area contributed by atoms with E-state index in [1.54, 1.807) is 12.1 Å². The van der Waals surface area contributed by atoms with E-state index in [2.05, 4.69) is 0 Å². The number of nitrogens with zero attached hydrogens (tertiary/aromatic N) is 1. The van der Waals surface area contributed by atoms with Gasteiger partial charge in [-0.25, -0.2) is 8.78 Å². The summed E-state index contributed by atoms with van der Waals surface area (Å²) in [6, 6.07) is 5.85. The predicted molar refractivity (Wildman–Crippen MR) is 91.3 cm³/mol. The largest absolute Gasteiger partial charge is 0.204 e. The average molecular weight is 347 g/mol. The van der Waals surface area contributed by atoms with E-state index in [1.165, 1.54) is 18.2 Å². The summed E-state index contributed by atoms with van der Waals surface area (Å²) in [7, 11) is 0. The smallest absolute Gasteiger partial charge is 0.196 e. The van der Waals surface area contributed by atoms with Gasteiger partial charge in [0.05, 0.1) is 0 Å². The highest BCUT2D eigenvalue weighted by atomic mass is 19.2. The fourth-order valence-electron chi connectivity index (χ4n) is 4.72. The second kappa shape index (κ2) is 8.08. The third kappa shape index (κ3) is 4.45. The number of rotatable bonds is 3. The maximum absolute atomic E-state index is 13.4. The first-order valence-corrected chi connectivity index (χ1v) is 9.29. The van der Waals surface area contributed by atoms with Gasteiger partial charge in [-0.3, -0.25) is 0 Å². The molecule has 134 valence electrons. The summed E-state index contributed by atoms with van der Waals surface area (Å²) >= 11 is 0. The normalized spacial score (nSPS) is 30.7. The van der Waals surface area contributed by atoms with Crippen molar-refractivity contribution in [1.29, 1.82) is 5.26 Å². The van der Waals surface area contributed by atoms with Crippen molar-refractivity contribution in [3.63, 3.8) is 0 Å². The first-order chi connectivity index (χ1) is 12.1. The zero-order chi connectivity index (χ0) is 17.8. The van der Waals surface area contributed by atoms with Gasteiger partial charge in [0.1, 0.15) is 6.07 Å². The van der Waals surface area contributed by atoms with Crippen LogP contribution in [0.4, 0.5) is 13.2 Å². The van der Waals surface area contributed by atoms with Gasteiger partial charge in [0.2, 0.25) is 0 Å². The molecule has 3 rings (SSSR count).